The van der Waals surface area contributed by atoms with Gasteiger partial charge in [0.15, 0.2) is 5.96 Å². The second-order valence-electron chi connectivity index (χ2n) is 7.17. The maximum absolute atomic E-state index is 9.70. The number of aliphatic hydroxyl groups is 1. The van der Waals surface area contributed by atoms with E-state index in [1.54, 1.807) is 14.2 Å². The highest BCUT2D eigenvalue weighted by atomic mass is 16.5. The van der Waals surface area contributed by atoms with Gasteiger partial charge in [0.1, 0.15) is 11.5 Å². The Hall–Kier alpha value is -2.77. The summed E-state index contributed by atoms with van der Waals surface area (Å²) in [7, 11) is 3.22. The van der Waals surface area contributed by atoms with Gasteiger partial charge in [-0.3, -0.25) is 4.90 Å². The summed E-state index contributed by atoms with van der Waals surface area (Å²) in [4.78, 5) is 6.89. The van der Waals surface area contributed by atoms with Crippen LogP contribution in [0.5, 0.6) is 11.5 Å². The molecule has 29 heavy (non-hydrogen) atoms. The van der Waals surface area contributed by atoms with E-state index in [-0.39, 0.29) is 6.10 Å². The van der Waals surface area contributed by atoms with Crippen molar-refractivity contribution in [1.82, 2.24) is 4.90 Å². The Balaban J connectivity index is 1.67. The van der Waals surface area contributed by atoms with Crippen molar-refractivity contribution in [2.75, 3.05) is 32.6 Å². The van der Waals surface area contributed by atoms with Crippen LogP contribution in [-0.2, 0) is 13.1 Å². The molecule has 2 aromatic carbocycles. The first kappa shape index (κ1) is 21.0. The molecule has 0 aliphatic carbocycles. The number of nitrogens with one attached hydrogen (secondary N) is 1. The Labute approximate surface area is 172 Å². The number of likely N-dealkylation sites (tertiary alicyclic amines) is 1. The molecule has 1 fully saturated rings. The van der Waals surface area contributed by atoms with Crippen molar-refractivity contribution >= 4 is 11.6 Å². The van der Waals surface area contributed by atoms with Gasteiger partial charge in [-0.1, -0.05) is 24.3 Å². The fraction of sp³-hybridized carbons (Fsp3) is 0.409. The van der Waals surface area contributed by atoms with Gasteiger partial charge in [0.2, 0.25) is 0 Å². The topological polar surface area (TPSA) is 92.3 Å². The number of methoxy groups -OCH3 is 2. The van der Waals surface area contributed by atoms with E-state index in [1.165, 1.54) is 5.56 Å². The molecule has 0 saturated carbocycles. The molecule has 7 nitrogen and oxygen atoms in total. The second-order valence-corrected chi connectivity index (χ2v) is 7.17. The number of rotatable bonds is 7. The normalized spacial score (nSPS) is 15.9. The Morgan fingerprint density at radius 2 is 1.86 bits per heavy atom. The molecule has 1 saturated heterocycles. The summed E-state index contributed by atoms with van der Waals surface area (Å²) in [6, 6.07) is 13.7. The van der Waals surface area contributed by atoms with E-state index in [0.717, 1.165) is 38.0 Å². The number of hydrogen-bond donors (Lipinski definition) is 3. The summed E-state index contributed by atoms with van der Waals surface area (Å²) in [5, 5.41) is 12.8. The Morgan fingerprint density at radius 3 is 2.55 bits per heavy atom. The zero-order valence-electron chi connectivity index (χ0n) is 17.1. The van der Waals surface area contributed by atoms with Gasteiger partial charge in [-0.2, -0.15) is 0 Å². The van der Waals surface area contributed by atoms with Crippen LogP contribution in [0.15, 0.2) is 47.5 Å². The molecule has 1 aliphatic heterocycles. The number of hydrogen-bond acceptors (Lipinski definition) is 5. The molecule has 0 aromatic heterocycles. The number of benzene rings is 2. The van der Waals surface area contributed by atoms with Crippen LogP contribution in [0, 0.1) is 0 Å². The second kappa shape index (κ2) is 10.1. The van der Waals surface area contributed by atoms with Crippen molar-refractivity contribution in [2.24, 2.45) is 10.7 Å². The minimum absolute atomic E-state index is 0.162. The minimum atomic E-state index is -0.162. The van der Waals surface area contributed by atoms with Gasteiger partial charge in [0.25, 0.3) is 0 Å². The number of anilines is 1. The number of nitrogens with zero attached hydrogens (tertiary/aromatic N) is 2. The fourth-order valence-corrected chi connectivity index (χ4v) is 3.44. The zero-order valence-corrected chi connectivity index (χ0v) is 17.1. The third-order valence-electron chi connectivity index (χ3n) is 5.16. The van der Waals surface area contributed by atoms with Gasteiger partial charge in [-0.15, -0.1) is 0 Å². The van der Waals surface area contributed by atoms with Crippen LogP contribution in [0.25, 0.3) is 0 Å². The van der Waals surface area contributed by atoms with Gasteiger partial charge in [0, 0.05) is 25.7 Å². The van der Waals surface area contributed by atoms with E-state index in [2.05, 4.69) is 27.3 Å². The molecule has 0 radical (unpaired) electrons. The third kappa shape index (κ3) is 5.85. The van der Waals surface area contributed by atoms with Crippen LogP contribution < -0.4 is 20.5 Å². The van der Waals surface area contributed by atoms with E-state index < -0.39 is 0 Å². The van der Waals surface area contributed by atoms with Gasteiger partial charge >= 0.3 is 0 Å². The van der Waals surface area contributed by atoms with Crippen molar-refractivity contribution < 1.29 is 14.6 Å². The highest BCUT2D eigenvalue weighted by Crippen LogP contribution is 2.28. The van der Waals surface area contributed by atoms with Crippen LogP contribution in [0.4, 0.5) is 5.69 Å². The molecule has 0 unspecified atom stereocenters. The first-order valence-corrected chi connectivity index (χ1v) is 9.85. The molecular weight excluding hydrogens is 368 g/mol. The molecule has 2 aromatic rings. The highest BCUT2D eigenvalue weighted by Gasteiger charge is 2.17. The molecule has 7 heteroatoms. The van der Waals surface area contributed by atoms with Gasteiger partial charge in [0.05, 0.1) is 32.6 Å². The van der Waals surface area contributed by atoms with Gasteiger partial charge in [-0.05, 0) is 36.1 Å². The number of piperidine rings is 1. The molecule has 0 bridgehead atoms. The van der Waals surface area contributed by atoms with Gasteiger partial charge in [-0.25, -0.2) is 4.99 Å². The average molecular weight is 399 g/mol. The van der Waals surface area contributed by atoms with Crippen molar-refractivity contribution in [3.8, 4) is 11.5 Å². The van der Waals surface area contributed by atoms with Crippen molar-refractivity contribution in [3.05, 3.63) is 53.6 Å². The fourth-order valence-electron chi connectivity index (χ4n) is 3.44. The number of aliphatic imine (C=N–C) groups is 1. The van der Waals surface area contributed by atoms with Crippen molar-refractivity contribution in [2.45, 2.75) is 32.0 Å². The number of aliphatic hydroxyl groups excluding tert-OH is 1. The lowest BCUT2D eigenvalue weighted by molar-refractivity contribution is 0.0791. The summed E-state index contributed by atoms with van der Waals surface area (Å²) in [5.74, 6) is 1.68. The predicted octanol–water partition coefficient (Wildman–Crippen LogP) is 2.59. The molecule has 1 heterocycles. The first-order chi connectivity index (χ1) is 14.1. The zero-order chi connectivity index (χ0) is 20.6. The summed E-state index contributed by atoms with van der Waals surface area (Å²) >= 11 is 0. The first-order valence-electron chi connectivity index (χ1n) is 9.85. The van der Waals surface area contributed by atoms with E-state index in [4.69, 9.17) is 15.2 Å². The molecule has 156 valence electrons. The van der Waals surface area contributed by atoms with Gasteiger partial charge < -0.3 is 25.6 Å². The van der Waals surface area contributed by atoms with Crippen LogP contribution in [-0.4, -0.2) is 49.4 Å². The Morgan fingerprint density at radius 1 is 1.14 bits per heavy atom. The monoisotopic (exact) mass is 398 g/mol. The number of nitrogens with two attached hydrogens (primary N) is 1. The third-order valence-corrected chi connectivity index (χ3v) is 5.16. The lowest BCUT2D eigenvalue weighted by atomic mass is 10.0. The van der Waals surface area contributed by atoms with Crippen LogP contribution in [0.1, 0.15) is 24.0 Å². The average Bonchev–Trinajstić information content (AvgIpc) is 2.74. The van der Waals surface area contributed by atoms with Crippen LogP contribution >= 0.6 is 0 Å². The molecular formula is C22H30N4O3. The summed E-state index contributed by atoms with van der Waals surface area (Å²) in [6.45, 7) is 3.17. The largest absolute Gasteiger partial charge is 0.497 e. The smallest absolute Gasteiger partial charge is 0.193 e. The number of guanidine groups is 1. The molecule has 1 aliphatic rings. The predicted molar refractivity (Wildman–Crippen MR) is 115 cm³/mol. The van der Waals surface area contributed by atoms with Crippen LogP contribution in [0.2, 0.25) is 0 Å². The highest BCUT2D eigenvalue weighted by molar-refractivity contribution is 5.94. The number of ether oxygens (including phenoxy) is 2. The quantitative estimate of drug-likeness (QED) is 0.490. The standard InChI is InChI=1S/C22H30N4O3/c1-28-19-7-8-21(29-2)20(13-19)25-22(23)24-14-16-5-3-4-6-17(16)15-26-11-9-18(27)10-12-26/h3-8,13,18,27H,9-12,14-15H2,1-2H3,(H3,23,24,25). The lowest BCUT2D eigenvalue weighted by Gasteiger charge is -2.30. The summed E-state index contributed by atoms with van der Waals surface area (Å²) < 4.78 is 10.6. The van der Waals surface area contributed by atoms with E-state index >= 15 is 0 Å². The van der Waals surface area contributed by atoms with Crippen molar-refractivity contribution in [3.63, 3.8) is 0 Å². The van der Waals surface area contributed by atoms with Crippen LogP contribution in [0.3, 0.4) is 0 Å². The summed E-state index contributed by atoms with van der Waals surface area (Å²) in [6.07, 6.45) is 1.50. The summed E-state index contributed by atoms with van der Waals surface area (Å²) in [5.41, 5.74) is 9.20. The molecule has 4 N–H and O–H groups in total. The van der Waals surface area contributed by atoms with E-state index in [1.807, 2.05) is 30.3 Å². The van der Waals surface area contributed by atoms with E-state index in [9.17, 15) is 5.11 Å². The van der Waals surface area contributed by atoms with E-state index in [0.29, 0.717) is 29.7 Å². The maximum atomic E-state index is 9.70. The maximum Gasteiger partial charge on any atom is 0.193 e. The molecule has 0 spiro atoms. The molecule has 0 atom stereocenters. The molecule has 0 amide bonds. The molecule has 3 rings (SSSR count). The Bertz CT molecular complexity index is 833. The van der Waals surface area contributed by atoms with Crippen molar-refractivity contribution in [1.29, 1.82) is 0 Å². The Kier molecular flexibility index (Phi) is 7.32. The lowest BCUT2D eigenvalue weighted by Crippen LogP contribution is -2.35. The SMILES string of the molecule is COc1ccc(OC)c(NC(N)=NCc2ccccc2CN2CCC(O)CC2)c1. The minimum Gasteiger partial charge on any atom is -0.497 e.